The highest BCUT2D eigenvalue weighted by Gasteiger charge is 2.30. The van der Waals surface area contributed by atoms with E-state index in [1.807, 2.05) is 13.8 Å². The van der Waals surface area contributed by atoms with E-state index in [1.165, 1.54) is 12.1 Å². The number of hydrogen-bond acceptors (Lipinski definition) is 1. The summed E-state index contributed by atoms with van der Waals surface area (Å²) in [6.07, 6.45) is -3.36. The van der Waals surface area contributed by atoms with Gasteiger partial charge in [0.25, 0.3) is 0 Å². The maximum absolute atomic E-state index is 12.4. The summed E-state index contributed by atoms with van der Waals surface area (Å²) in [5, 5.41) is 2.47. The first-order valence-corrected chi connectivity index (χ1v) is 5.76. The molecule has 0 spiro atoms. The summed E-state index contributed by atoms with van der Waals surface area (Å²) in [4.78, 5) is 11.5. The Bertz CT molecular complexity index is 413. The van der Waals surface area contributed by atoms with Crippen molar-refractivity contribution in [1.29, 1.82) is 0 Å². The van der Waals surface area contributed by atoms with E-state index >= 15 is 0 Å². The first-order chi connectivity index (χ1) is 8.29. The quantitative estimate of drug-likeness (QED) is 0.867. The molecule has 0 saturated carbocycles. The summed E-state index contributed by atoms with van der Waals surface area (Å²) >= 11 is 0. The highest BCUT2D eigenvalue weighted by Crippen LogP contribution is 2.30. The number of benzene rings is 1. The second kappa shape index (κ2) is 5.89. The minimum atomic E-state index is -4.39. The molecule has 0 aliphatic heterocycles. The highest BCUT2D eigenvalue weighted by molar-refractivity contribution is 5.90. The molecule has 1 aromatic carbocycles. The first kappa shape index (κ1) is 14.5. The van der Waals surface area contributed by atoms with Crippen LogP contribution in [0.5, 0.6) is 0 Å². The van der Waals surface area contributed by atoms with Crippen LogP contribution in [0.1, 0.15) is 32.3 Å². The fraction of sp³-hybridized carbons (Fsp3) is 0.462. The van der Waals surface area contributed by atoms with Crippen LogP contribution >= 0.6 is 0 Å². The van der Waals surface area contributed by atoms with Crippen molar-refractivity contribution < 1.29 is 18.0 Å². The third kappa shape index (κ3) is 4.77. The molecule has 0 fully saturated rings. The average molecular weight is 259 g/mol. The van der Waals surface area contributed by atoms with E-state index in [9.17, 15) is 18.0 Å². The van der Waals surface area contributed by atoms with Gasteiger partial charge in [-0.25, -0.2) is 0 Å². The Kier molecular flexibility index (Phi) is 4.76. The number of halogens is 3. The van der Waals surface area contributed by atoms with Crippen molar-refractivity contribution in [2.24, 2.45) is 5.92 Å². The fourth-order valence-corrected chi connectivity index (χ4v) is 1.42. The zero-order valence-electron chi connectivity index (χ0n) is 10.3. The smallest absolute Gasteiger partial charge is 0.326 e. The molecule has 0 radical (unpaired) electrons. The number of alkyl halides is 3. The Morgan fingerprint density at radius 2 is 2.00 bits per heavy atom. The summed E-state index contributed by atoms with van der Waals surface area (Å²) in [6, 6.07) is 4.64. The number of carbonyl (C=O) groups is 1. The van der Waals surface area contributed by atoms with Crippen LogP contribution in [0, 0.1) is 5.92 Å². The van der Waals surface area contributed by atoms with E-state index in [0.717, 1.165) is 12.1 Å². The van der Waals surface area contributed by atoms with Gasteiger partial charge < -0.3 is 5.32 Å². The first-order valence-electron chi connectivity index (χ1n) is 5.76. The minimum absolute atomic E-state index is 0.179. The molecule has 0 unspecified atom stereocenters. The summed E-state index contributed by atoms with van der Waals surface area (Å²) in [7, 11) is 0. The standard InChI is InChI=1S/C13H16F3NO/c1-9(2)6-7-12(18)17-11-5-3-4-10(8-11)13(14,15)16/h3-5,8-9H,6-7H2,1-2H3,(H,17,18). The molecule has 5 heteroatoms. The molecule has 1 rings (SSSR count). The molecule has 1 amide bonds. The SMILES string of the molecule is CC(C)CCC(=O)Nc1cccc(C(F)(F)F)c1. The van der Waals surface area contributed by atoms with E-state index in [4.69, 9.17) is 0 Å². The Morgan fingerprint density at radius 1 is 1.33 bits per heavy atom. The second-order valence-electron chi connectivity index (χ2n) is 4.56. The van der Waals surface area contributed by atoms with Crippen molar-refractivity contribution in [2.75, 3.05) is 5.32 Å². The van der Waals surface area contributed by atoms with Crippen LogP contribution in [0.2, 0.25) is 0 Å². The summed E-state index contributed by atoms with van der Waals surface area (Å²) < 4.78 is 37.3. The predicted molar refractivity (Wildman–Crippen MR) is 64.1 cm³/mol. The van der Waals surface area contributed by atoms with E-state index < -0.39 is 11.7 Å². The highest BCUT2D eigenvalue weighted by atomic mass is 19.4. The number of amides is 1. The minimum Gasteiger partial charge on any atom is -0.326 e. The molecule has 100 valence electrons. The zero-order chi connectivity index (χ0) is 13.8. The molecule has 0 bridgehead atoms. The number of nitrogens with one attached hydrogen (secondary N) is 1. The van der Waals surface area contributed by atoms with Gasteiger partial charge in [-0.2, -0.15) is 13.2 Å². The Balaban J connectivity index is 2.65. The predicted octanol–water partition coefficient (Wildman–Crippen LogP) is 4.08. The molecule has 0 saturated heterocycles. The molecule has 0 heterocycles. The molecule has 0 aromatic heterocycles. The molecule has 1 N–H and O–H groups in total. The van der Waals surface area contributed by atoms with Crippen molar-refractivity contribution in [3.63, 3.8) is 0 Å². The van der Waals surface area contributed by atoms with E-state index in [-0.39, 0.29) is 11.6 Å². The van der Waals surface area contributed by atoms with Crippen LogP contribution in [-0.2, 0) is 11.0 Å². The number of hydrogen-bond donors (Lipinski definition) is 1. The molecule has 0 aliphatic carbocycles. The van der Waals surface area contributed by atoms with E-state index in [1.54, 1.807) is 0 Å². The summed E-state index contributed by atoms with van der Waals surface area (Å²) in [5.74, 6) is 0.125. The van der Waals surface area contributed by atoms with Gasteiger partial charge in [-0.3, -0.25) is 4.79 Å². The van der Waals surface area contributed by atoms with Crippen molar-refractivity contribution in [1.82, 2.24) is 0 Å². The third-order valence-corrected chi connectivity index (χ3v) is 2.42. The number of anilines is 1. The Labute approximate surface area is 104 Å². The molecule has 18 heavy (non-hydrogen) atoms. The van der Waals surface area contributed by atoms with Gasteiger partial charge in [0, 0.05) is 12.1 Å². The monoisotopic (exact) mass is 259 g/mol. The van der Waals surface area contributed by atoms with Crippen LogP contribution < -0.4 is 5.32 Å². The second-order valence-corrected chi connectivity index (χ2v) is 4.56. The van der Waals surface area contributed by atoms with E-state index in [2.05, 4.69) is 5.32 Å². The van der Waals surface area contributed by atoms with Gasteiger partial charge >= 0.3 is 6.18 Å². The summed E-state index contributed by atoms with van der Waals surface area (Å²) in [6.45, 7) is 3.97. The van der Waals surface area contributed by atoms with Crippen molar-refractivity contribution in [2.45, 2.75) is 32.9 Å². The Morgan fingerprint density at radius 3 is 2.56 bits per heavy atom. The van der Waals surface area contributed by atoms with Crippen molar-refractivity contribution >= 4 is 11.6 Å². The van der Waals surface area contributed by atoms with Crippen molar-refractivity contribution in [3.05, 3.63) is 29.8 Å². The molecule has 2 nitrogen and oxygen atoms in total. The van der Waals surface area contributed by atoms with Crippen LogP contribution in [0.15, 0.2) is 24.3 Å². The lowest BCUT2D eigenvalue weighted by Crippen LogP contribution is -2.13. The fourth-order valence-electron chi connectivity index (χ4n) is 1.42. The van der Waals surface area contributed by atoms with Gasteiger partial charge in [0.15, 0.2) is 0 Å². The van der Waals surface area contributed by atoms with Crippen LogP contribution in [0.25, 0.3) is 0 Å². The van der Waals surface area contributed by atoms with Gasteiger partial charge in [0.05, 0.1) is 5.56 Å². The van der Waals surface area contributed by atoms with Gasteiger partial charge in [-0.15, -0.1) is 0 Å². The topological polar surface area (TPSA) is 29.1 Å². The third-order valence-electron chi connectivity index (χ3n) is 2.42. The molecule has 0 atom stereocenters. The lowest BCUT2D eigenvalue weighted by Gasteiger charge is -2.10. The average Bonchev–Trinajstić information content (AvgIpc) is 2.25. The molecular formula is C13H16F3NO. The molecule has 0 aliphatic rings. The van der Waals surface area contributed by atoms with Gasteiger partial charge in [-0.05, 0) is 30.5 Å². The van der Waals surface area contributed by atoms with Gasteiger partial charge in [0.1, 0.15) is 0 Å². The van der Waals surface area contributed by atoms with Crippen molar-refractivity contribution in [3.8, 4) is 0 Å². The summed E-state index contributed by atoms with van der Waals surface area (Å²) in [5.41, 5.74) is -0.581. The number of rotatable bonds is 4. The van der Waals surface area contributed by atoms with E-state index in [0.29, 0.717) is 18.8 Å². The lowest BCUT2D eigenvalue weighted by molar-refractivity contribution is -0.137. The zero-order valence-corrected chi connectivity index (χ0v) is 10.3. The lowest BCUT2D eigenvalue weighted by atomic mass is 10.1. The maximum Gasteiger partial charge on any atom is 0.416 e. The van der Waals surface area contributed by atoms with Gasteiger partial charge in [-0.1, -0.05) is 19.9 Å². The normalized spacial score (nSPS) is 11.7. The largest absolute Gasteiger partial charge is 0.416 e. The number of carbonyl (C=O) groups excluding carboxylic acids is 1. The van der Waals surface area contributed by atoms with Crippen LogP contribution in [-0.4, -0.2) is 5.91 Å². The maximum atomic E-state index is 12.4. The Hall–Kier alpha value is -1.52. The van der Waals surface area contributed by atoms with Crippen LogP contribution in [0.4, 0.5) is 18.9 Å². The molecule has 1 aromatic rings. The van der Waals surface area contributed by atoms with Crippen LogP contribution in [0.3, 0.4) is 0 Å². The molecular weight excluding hydrogens is 243 g/mol. The van der Waals surface area contributed by atoms with Gasteiger partial charge in [0.2, 0.25) is 5.91 Å².